The molecule has 0 bridgehead atoms. The lowest BCUT2D eigenvalue weighted by molar-refractivity contribution is -0.00260. The summed E-state index contributed by atoms with van der Waals surface area (Å²) in [5.74, 6) is 0.706. The summed E-state index contributed by atoms with van der Waals surface area (Å²) >= 11 is 0. The molecule has 0 aromatic carbocycles. The largest absolute Gasteiger partial charge is 0.309 e. The molecule has 4 nitrogen and oxygen atoms in total. The molecule has 2 aromatic rings. The van der Waals surface area contributed by atoms with Crippen LogP contribution in [0.3, 0.4) is 0 Å². The van der Waals surface area contributed by atoms with Crippen LogP contribution in [0, 0.1) is 5.41 Å². The molecule has 0 aliphatic rings. The number of alkyl halides is 2. The van der Waals surface area contributed by atoms with Crippen molar-refractivity contribution in [1.82, 2.24) is 20.1 Å². The van der Waals surface area contributed by atoms with Crippen LogP contribution in [0.4, 0.5) is 8.78 Å². The summed E-state index contributed by atoms with van der Waals surface area (Å²) in [5.41, 5.74) is -0.174. The Morgan fingerprint density at radius 1 is 1.29 bits per heavy atom. The zero-order valence-electron chi connectivity index (χ0n) is 12.4. The molecule has 1 unspecified atom stereocenters. The first-order valence-corrected chi connectivity index (χ1v) is 6.88. The predicted molar refractivity (Wildman–Crippen MR) is 77.4 cm³/mol. The number of hydrogen-bond acceptors (Lipinski definition) is 3. The van der Waals surface area contributed by atoms with Gasteiger partial charge in [0.15, 0.2) is 5.82 Å². The Kier molecular flexibility index (Phi) is 4.67. The van der Waals surface area contributed by atoms with E-state index >= 15 is 0 Å². The second-order valence-corrected chi connectivity index (χ2v) is 5.66. The molecule has 0 amide bonds. The van der Waals surface area contributed by atoms with Gasteiger partial charge in [-0.3, -0.25) is 0 Å². The van der Waals surface area contributed by atoms with Crippen LogP contribution in [-0.4, -0.2) is 27.2 Å². The molecule has 2 aromatic heterocycles. The Morgan fingerprint density at radius 3 is 2.67 bits per heavy atom. The highest BCUT2D eigenvalue weighted by atomic mass is 19.3. The summed E-state index contributed by atoms with van der Waals surface area (Å²) in [6.45, 7) is 5.36. The number of nitrogens with one attached hydrogen (secondary N) is 1. The molecular weight excluding hydrogens is 274 g/mol. The van der Waals surface area contributed by atoms with Crippen molar-refractivity contribution in [3.8, 4) is 5.82 Å². The summed E-state index contributed by atoms with van der Waals surface area (Å²) < 4.78 is 27.7. The van der Waals surface area contributed by atoms with Gasteiger partial charge in [-0.05, 0) is 19.1 Å². The van der Waals surface area contributed by atoms with Gasteiger partial charge >= 0.3 is 0 Å². The topological polar surface area (TPSA) is 42.7 Å². The first-order valence-electron chi connectivity index (χ1n) is 6.88. The minimum absolute atomic E-state index is 0.330. The average molecular weight is 294 g/mol. The molecule has 2 rings (SSSR count). The monoisotopic (exact) mass is 294 g/mol. The predicted octanol–water partition coefficient (Wildman–Crippen LogP) is 3.04. The van der Waals surface area contributed by atoms with Crippen LogP contribution in [-0.2, 0) is 6.54 Å². The smallest absolute Gasteiger partial charge is 0.245 e. The van der Waals surface area contributed by atoms with E-state index < -0.39 is 11.8 Å². The first kappa shape index (κ1) is 15.6. The number of aromatic nitrogens is 3. The molecule has 0 saturated heterocycles. The third-order valence-corrected chi connectivity index (χ3v) is 3.87. The van der Waals surface area contributed by atoms with Gasteiger partial charge in [-0.2, -0.15) is 5.10 Å². The molecule has 21 heavy (non-hydrogen) atoms. The van der Waals surface area contributed by atoms with Crippen LogP contribution in [0.2, 0.25) is 0 Å². The summed E-state index contributed by atoms with van der Waals surface area (Å²) in [5, 5.41) is 7.32. The van der Waals surface area contributed by atoms with E-state index in [2.05, 4.69) is 15.4 Å². The minimum Gasteiger partial charge on any atom is -0.309 e. The summed E-state index contributed by atoms with van der Waals surface area (Å²) in [6.07, 6.45) is 2.79. The third kappa shape index (κ3) is 3.44. The van der Waals surface area contributed by atoms with E-state index in [1.54, 1.807) is 44.0 Å². The van der Waals surface area contributed by atoms with E-state index in [4.69, 9.17) is 0 Å². The Hall–Kier alpha value is -1.82. The maximum atomic E-state index is 13.0. The molecule has 0 radical (unpaired) electrons. The number of halogens is 2. The van der Waals surface area contributed by atoms with E-state index in [1.807, 2.05) is 18.2 Å². The van der Waals surface area contributed by atoms with Gasteiger partial charge in [0.1, 0.15) is 0 Å². The van der Waals surface area contributed by atoms with Gasteiger partial charge in [-0.25, -0.2) is 18.4 Å². The Morgan fingerprint density at radius 2 is 2.05 bits per heavy atom. The van der Waals surface area contributed by atoms with E-state index in [0.29, 0.717) is 12.4 Å². The molecule has 0 spiro atoms. The highest BCUT2D eigenvalue weighted by Crippen LogP contribution is 2.29. The maximum Gasteiger partial charge on any atom is 0.245 e. The van der Waals surface area contributed by atoms with Crippen molar-refractivity contribution in [2.45, 2.75) is 39.8 Å². The number of hydrogen-bond donors (Lipinski definition) is 1. The fraction of sp³-hybridized carbons (Fsp3) is 0.467. The van der Waals surface area contributed by atoms with Crippen LogP contribution >= 0.6 is 0 Å². The van der Waals surface area contributed by atoms with Crippen molar-refractivity contribution in [3.63, 3.8) is 0 Å². The summed E-state index contributed by atoms with van der Waals surface area (Å²) in [6, 6.07) is 5.23. The van der Waals surface area contributed by atoms with Gasteiger partial charge in [0.2, 0.25) is 6.43 Å². The van der Waals surface area contributed by atoms with Crippen LogP contribution in [0.1, 0.15) is 26.3 Å². The second-order valence-electron chi connectivity index (χ2n) is 5.66. The van der Waals surface area contributed by atoms with Gasteiger partial charge in [-0.15, -0.1) is 0 Å². The van der Waals surface area contributed by atoms with E-state index in [1.165, 1.54) is 0 Å². The van der Waals surface area contributed by atoms with Gasteiger partial charge < -0.3 is 5.32 Å². The quantitative estimate of drug-likeness (QED) is 0.890. The van der Waals surface area contributed by atoms with E-state index in [9.17, 15) is 8.78 Å². The lowest BCUT2D eigenvalue weighted by Gasteiger charge is -2.31. The van der Waals surface area contributed by atoms with E-state index in [-0.39, 0.29) is 6.04 Å². The summed E-state index contributed by atoms with van der Waals surface area (Å²) in [7, 11) is 0. The number of rotatable bonds is 6. The van der Waals surface area contributed by atoms with Crippen LogP contribution in [0.15, 0.2) is 36.8 Å². The Labute approximate surface area is 123 Å². The first-order chi connectivity index (χ1) is 9.93. The van der Waals surface area contributed by atoms with Crippen LogP contribution in [0.5, 0.6) is 0 Å². The maximum absolute atomic E-state index is 13.0. The minimum atomic E-state index is -2.38. The second kappa shape index (κ2) is 6.30. The molecule has 6 heteroatoms. The van der Waals surface area contributed by atoms with Crippen molar-refractivity contribution in [2.24, 2.45) is 5.41 Å². The van der Waals surface area contributed by atoms with Crippen LogP contribution < -0.4 is 5.32 Å². The SMILES string of the molecule is CC(NCc1cccnc1-n1cccn1)C(C)(C)C(F)F. The fourth-order valence-corrected chi connectivity index (χ4v) is 1.88. The fourth-order valence-electron chi connectivity index (χ4n) is 1.88. The molecule has 0 aliphatic heterocycles. The van der Waals surface area contributed by atoms with Crippen molar-refractivity contribution in [1.29, 1.82) is 0 Å². The van der Waals surface area contributed by atoms with Crippen LogP contribution in [0.25, 0.3) is 5.82 Å². The van der Waals surface area contributed by atoms with Crippen molar-refractivity contribution < 1.29 is 8.78 Å². The molecule has 1 N–H and O–H groups in total. The third-order valence-electron chi connectivity index (χ3n) is 3.87. The highest BCUT2D eigenvalue weighted by Gasteiger charge is 2.35. The van der Waals surface area contributed by atoms with Crippen molar-refractivity contribution >= 4 is 0 Å². The van der Waals surface area contributed by atoms with Gasteiger partial charge in [0, 0.05) is 42.2 Å². The average Bonchev–Trinajstić information content (AvgIpc) is 2.98. The zero-order valence-corrected chi connectivity index (χ0v) is 12.4. The standard InChI is InChI=1S/C15H20F2N4/c1-11(15(2,3)14(16)17)19-10-12-6-4-7-18-13(12)21-9-5-8-20-21/h4-9,11,14,19H,10H2,1-3H3. The van der Waals surface area contributed by atoms with E-state index in [0.717, 1.165) is 5.56 Å². The van der Waals surface area contributed by atoms with Crippen molar-refractivity contribution in [2.75, 3.05) is 0 Å². The lowest BCUT2D eigenvalue weighted by atomic mass is 9.86. The molecule has 0 saturated carbocycles. The molecule has 114 valence electrons. The Bertz CT molecular complexity index is 567. The van der Waals surface area contributed by atoms with Gasteiger partial charge in [0.25, 0.3) is 0 Å². The highest BCUT2D eigenvalue weighted by molar-refractivity contribution is 5.32. The molecule has 0 fully saturated rings. The Balaban J connectivity index is 2.11. The lowest BCUT2D eigenvalue weighted by Crippen LogP contribution is -2.43. The molecule has 2 heterocycles. The normalized spacial score (nSPS) is 13.6. The van der Waals surface area contributed by atoms with Gasteiger partial charge in [0.05, 0.1) is 0 Å². The molecule has 0 aliphatic carbocycles. The summed E-state index contributed by atoms with van der Waals surface area (Å²) in [4.78, 5) is 4.31. The molecular formula is C15H20F2N4. The number of nitrogens with zero attached hydrogens (tertiary/aromatic N) is 3. The van der Waals surface area contributed by atoms with Crippen molar-refractivity contribution in [3.05, 3.63) is 42.4 Å². The van der Waals surface area contributed by atoms with Gasteiger partial charge in [-0.1, -0.05) is 19.9 Å². The molecule has 1 atom stereocenters. The zero-order chi connectivity index (χ0) is 15.5. The number of pyridine rings is 1.